The third-order valence-electron chi connectivity index (χ3n) is 2.96. The second-order valence-electron chi connectivity index (χ2n) is 4.60. The van der Waals surface area contributed by atoms with Crippen LogP contribution in [0.3, 0.4) is 0 Å². The summed E-state index contributed by atoms with van der Waals surface area (Å²) in [6, 6.07) is 9.22. The lowest BCUT2D eigenvalue weighted by Crippen LogP contribution is -2.23. The Morgan fingerprint density at radius 3 is 2.40 bits per heavy atom. The number of hydrogen-bond donors (Lipinski definition) is 2. The van der Waals surface area contributed by atoms with Gasteiger partial charge in [-0.15, -0.1) is 11.3 Å². The van der Waals surface area contributed by atoms with Gasteiger partial charge in [-0.2, -0.15) is 0 Å². The van der Waals surface area contributed by atoms with Gasteiger partial charge in [-0.3, -0.25) is 0 Å². The predicted molar refractivity (Wildman–Crippen MR) is 80.2 cm³/mol. The molecule has 0 radical (unpaired) electrons. The molecule has 0 spiro atoms. The summed E-state index contributed by atoms with van der Waals surface area (Å²) in [5, 5.41) is 9.07. The summed E-state index contributed by atoms with van der Waals surface area (Å²) in [7, 11) is -3.54. The summed E-state index contributed by atoms with van der Waals surface area (Å²) in [4.78, 5) is 1.59. The Morgan fingerprint density at radius 1 is 1.20 bits per heavy atom. The zero-order chi connectivity index (χ0) is 14.8. The van der Waals surface area contributed by atoms with E-state index >= 15 is 0 Å². The number of aliphatic hydroxyl groups is 1. The van der Waals surface area contributed by atoms with Crippen LogP contribution >= 0.6 is 11.3 Å². The number of hydrogen-bond acceptors (Lipinski definition) is 4. The molecular formula is C14H17NO3S2. The Bertz CT molecular complexity index is 688. The molecule has 0 unspecified atom stereocenters. The second-order valence-corrected chi connectivity index (χ2v) is 7.68. The van der Waals surface area contributed by atoms with Gasteiger partial charge >= 0.3 is 0 Å². The van der Waals surface area contributed by atoms with Gasteiger partial charge in [0.1, 0.15) is 0 Å². The fraction of sp³-hybridized carbons (Fsp3) is 0.286. The van der Waals surface area contributed by atoms with Crippen molar-refractivity contribution in [2.24, 2.45) is 0 Å². The summed E-state index contributed by atoms with van der Waals surface area (Å²) in [5.41, 5.74) is 2.05. The van der Waals surface area contributed by atoms with Crippen molar-refractivity contribution in [2.45, 2.75) is 31.9 Å². The fourth-order valence-corrected chi connectivity index (χ4v) is 4.34. The van der Waals surface area contributed by atoms with E-state index in [-0.39, 0.29) is 18.0 Å². The Balaban J connectivity index is 2.14. The molecule has 1 aromatic heterocycles. The summed E-state index contributed by atoms with van der Waals surface area (Å²) < 4.78 is 27.1. The van der Waals surface area contributed by atoms with Gasteiger partial charge < -0.3 is 5.11 Å². The monoisotopic (exact) mass is 311 g/mol. The molecule has 2 rings (SSSR count). The molecule has 0 amide bonds. The van der Waals surface area contributed by atoms with E-state index in [0.29, 0.717) is 9.75 Å². The van der Waals surface area contributed by atoms with E-state index < -0.39 is 10.0 Å². The van der Waals surface area contributed by atoms with Crippen molar-refractivity contribution in [3.8, 4) is 0 Å². The van der Waals surface area contributed by atoms with Crippen molar-refractivity contribution < 1.29 is 13.5 Å². The summed E-state index contributed by atoms with van der Waals surface area (Å²) in [6.07, 6.45) is 0. The topological polar surface area (TPSA) is 66.4 Å². The van der Waals surface area contributed by atoms with Crippen molar-refractivity contribution in [3.63, 3.8) is 0 Å². The fourth-order valence-electron chi connectivity index (χ4n) is 1.83. The van der Waals surface area contributed by atoms with Crippen LogP contribution in [-0.4, -0.2) is 13.5 Å². The lowest BCUT2D eigenvalue weighted by atomic mass is 10.2. The number of aryl methyl sites for hydroxylation is 2. The van der Waals surface area contributed by atoms with Crippen molar-refractivity contribution in [1.29, 1.82) is 0 Å². The van der Waals surface area contributed by atoms with Gasteiger partial charge in [-0.1, -0.05) is 29.8 Å². The second kappa shape index (κ2) is 6.05. The van der Waals surface area contributed by atoms with E-state index in [0.717, 1.165) is 11.1 Å². The van der Waals surface area contributed by atoms with Gasteiger partial charge in [0, 0.05) is 16.3 Å². The molecule has 0 saturated heterocycles. The van der Waals surface area contributed by atoms with Crippen LogP contribution in [0.1, 0.15) is 20.9 Å². The van der Waals surface area contributed by atoms with Crippen LogP contribution in [0.2, 0.25) is 0 Å². The van der Waals surface area contributed by atoms with Crippen LogP contribution in [0, 0.1) is 13.8 Å². The van der Waals surface area contributed by atoms with E-state index in [1.54, 1.807) is 6.92 Å². The van der Waals surface area contributed by atoms with Gasteiger partial charge in [0.25, 0.3) is 0 Å². The molecule has 6 heteroatoms. The van der Waals surface area contributed by atoms with Gasteiger partial charge in [0.2, 0.25) is 10.0 Å². The number of rotatable bonds is 5. The lowest BCUT2D eigenvalue weighted by molar-refractivity contribution is 0.285. The third-order valence-corrected chi connectivity index (χ3v) is 5.65. The molecule has 0 aliphatic heterocycles. The van der Waals surface area contributed by atoms with E-state index in [4.69, 9.17) is 5.11 Å². The third kappa shape index (κ3) is 3.46. The van der Waals surface area contributed by atoms with Gasteiger partial charge in [-0.05, 0) is 25.5 Å². The van der Waals surface area contributed by atoms with Crippen molar-refractivity contribution >= 4 is 21.4 Å². The van der Waals surface area contributed by atoms with E-state index in [2.05, 4.69) is 4.72 Å². The molecule has 1 heterocycles. The highest BCUT2D eigenvalue weighted by Crippen LogP contribution is 2.25. The van der Waals surface area contributed by atoms with Crippen molar-refractivity contribution in [1.82, 2.24) is 4.72 Å². The summed E-state index contributed by atoms with van der Waals surface area (Å²) in [5.74, 6) is 0. The Kier molecular flexibility index (Phi) is 4.59. The Morgan fingerprint density at radius 2 is 1.85 bits per heavy atom. The van der Waals surface area contributed by atoms with Crippen LogP contribution in [0.4, 0.5) is 0 Å². The molecule has 20 heavy (non-hydrogen) atoms. The highest BCUT2D eigenvalue weighted by Gasteiger charge is 2.19. The largest absolute Gasteiger partial charge is 0.391 e. The van der Waals surface area contributed by atoms with E-state index in [1.165, 1.54) is 17.4 Å². The van der Waals surface area contributed by atoms with E-state index in [9.17, 15) is 8.42 Å². The standard InChI is InChI=1S/C14H17NO3S2/c1-10-3-5-12(6-4-10)8-15-20(17,18)14-7-13(9-16)19-11(14)2/h3-7,15-16H,8-9H2,1-2H3. The molecule has 0 fully saturated rings. The number of nitrogens with one attached hydrogen (secondary N) is 1. The number of aliphatic hydroxyl groups excluding tert-OH is 1. The molecule has 0 aliphatic carbocycles. The highest BCUT2D eigenvalue weighted by molar-refractivity contribution is 7.89. The Hall–Kier alpha value is -1.21. The molecule has 2 N–H and O–H groups in total. The maximum absolute atomic E-state index is 12.2. The van der Waals surface area contributed by atoms with Crippen LogP contribution in [0.5, 0.6) is 0 Å². The van der Waals surface area contributed by atoms with E-state index in [1.807, 2.05) is 31.2 Å². The maximum Gasteiger partial charge on any atom is 0.241 e. The summed E-state index contributed by atoms with van der Waals surface area (Å²) in [6.45, 7) is 3.84. The quantitative estimate of drug-likeness (QED) is 0.890. The molecule has 0 atom stereocenters. The molecular weight excluding hydrogens is 294 g/mol. The average molecular weight is 311 g/mol. The lowest BCUT2D eigenvalue weighted by Gasteiger charge is -2.06. The van der Waals surface area contributed by atoms with Gasteiger partial charge in [0.15, 0.2) is 0 Å². The van der Waals surface area contributed by atoms with Crippen LogP contribution in [-0.2, 0) is 23.2 Å². The molecule has 108 valence electrons. The number of thiophene rings is 1. The SMILES string of the molecule is Cc1ccc(CNS(=O)(=O)c2cc(CO)sc2C)cc1. The van der Waals surface area contributed by atoms with Crippen molar-refractivity contribution in [3.05, 3.63) is 51.2 Å². The van der Waals surface area contributed by atoms with Gasteiger partial charge in [0.05, 0.1) is 11.5 Å². The number of sulfonamides is 1. The smallest absolute Gasteiger partial charge is 0.241 e. The minimum Gasteiger partial charge on any atom is -0.391 e. The minimum absolute atomic E-state index is 0.140. The molecule has 0 bridgehead atoms. The minimum atomic E-state index is -3.54. The first-order valence-corrected chi connectivity index (χ1v) is 8.48. The first-order chi connectivity index (χ1) is 9.42. The first-order valence-electron chi connectivity index (χ1n) is 6.18. The Labute approximate surface area is 123 Å². The van der Waals surface area contributed by atoms with Crippen molar-refractivity contribution in [2.75, 3.05) is 0 Å². The summed E-state index contributed by atoms with van der Waals surface area (Å²) >= 11 is 1.30. The van der Waals surface area contributed by atoms with Crippen LogP contribution < -0.4 is 4.72 Å². The zero-order valence-electron chi connectivity index (χ0n) is 11.4. The molecule has 4 nitrogen and oxygen atoms in total. The molecule has 0 aliphatic rings. The molecule has 0 saturated carbocycles. The number of benzene rings is 1. The van der Waals surface area contributed by atoms with Crippen LogP contribution in [0.25, 0.3) is 0 Å². The van der Waals surface area contributed by atoms with Gasteiger partial charge in [-0.25, -0.2) is 13.1 Å². The average Bonchev–Trinajstić information content (AvgIpc) is 2.80. The highest BCUT2D eigenvalue weighted by atomic mass is 32.2. The normalized spacial score (nSPS) is 11.8. The molecule has 2 aromatic rings. The zero-order valence-corrected chi connectivity index (χ0v) is 13.0. The molecule has 1 aromatic carbocycles. The predicted octanol–water partition coefficient (Wildman–Crippen LogP) is 2.34. The van der Waals surface area contributed by atoms with Crippen LogP contribution in [0.15, 0.2) is 35.2 Å². The maximum atomic E-state index is 12.2. The first kappa shape index (κ1) is 15.2.